The summed E-state index contributed by atoms with van der Waals surface area (Å²) >= 11 is 0. The Morgan fingerprint density at radius 3 is 2.28 bits per heavy atom. The van der Waals surface area contributed by atoms with E-state index in [0.29, 0.717) is 19.1 Å². The Kier molecular flexibility index (Phi) is 8.35. The van der Waals surface area contributed by atoms with Gasteiger partial charge in [0.25, 0.3) is 0 Å². The Bertz CT molecular complexity index is 896. The lowest BCUT2D eigenvalue weighted by atomic mass is 10.0. The molecule has 0 aromatic heterocycles. The second-order valence-corrected chi connectivity index (χ2v) is 7.40. The lowest BCUT2D eigenvalue weighted by molar-refractivity contribution is 0.318. The van der Waals surface area contributed by atoms with E-state index < -0.39 is 11.6 Å². The summed E-state index contributed by atoms with van der Waals surface area (Å²) in [7, 11) is 5.01. The monoisotopic (exact) mass is 448 g/mol. The van der Waals surface area contributed by atoms with Crippen molar-refractivity contribution >= 4 is 11.6 Å². The zero-order valence-electron chi connectivity index (χ0n) is 18.7. The second-order valence-electron chi connectivity index (χ2n) is 7.40. The minimum absolute atomic E-state index is 0.287. The summed E-state index contributed by atoms with van der Waals surface area (Å²) in [6.45, 7) is 2.55. The van der Waals surface area contributed by atoms with E-state index in [9.17, 15) is 8.78 Å². The summed E-state index contributed by atoms with van der Waals surface area (Å²) < 4.78 is 42.4. The summed E-state index contributed by atoms with van der Waals surface area (Å²) in [5.74, 6) is 0.698. The number of halogens is 2. The Labute approximate surface area is 187 Å². The Balaban J connectivity index is 1.43. The normalized spacial score (nSPS) is 14.8. The van der Waals surface area contributed by atoms with Crippen LogP contribution < -0.4 is 29.7 Å². The number of aliphatic imine (C=N–C) groups is 1. The minimum Gasteiger partial charge on any atom is -0.497 e. The zero-order chi connectivity index (χ0) is 22.9. The largest absolute Gasteiger partial charge is 0.497 e. The first kappa shape index (κ1) is 23.4. The molecule has 1 saturated heterocycles. The number of ether oxygens (including phenoxy) is 3. The van der Waals surface area contributed by atoms with Crippen LogP contribution in [0.1, 0.15) is 12.8 Å². The molecular formula is C23H30F2N4O3. The van der Waals surface area contributed by atoms with Gasteiger partial charge in [0.2, 0.25) is 0 Å². The van der Waals surface area contributed by atoms with Gasteiger partial charge in [0.1, 0.15) is 23.9 Å². The van der Waals surface area contributed by atoms with Crippen LogP contribution in [0.2, 0.25) is 0 Å². The topological polar surface area (TPSA) is 67.4 Å². The van der Waals surface area contributed by atoms with Crippen LogP contribution in [0.3, 0.4) is 0 Å². The average molecular weight is 449 g/mol. The van der Waals surface area contributed by atoms with Gasteiger partial charge in [0.15, 0.2) is 17.6 Å². The number of piperidine rings is 1. The van der Waals surface area contributed by atoms with Gasteiger partial charge in [-0.3, -0.25) is 4.99 Å². The van der Waals surface area contributed by atoms with Crippen LogP contribution in [0.5, 0.6) is 17.2 Å². The number of benzene rings is 2. The summed E-state index contributed by atoms with van der Waals surface area (Å²) in [6, 6.07) is 9.67. The van der Waals surface area contributed by atoms with Crippen molar-refractivity contribution in [2.45, 2.75) is 18.9 Å². The second kappa shape index (κ2) is 11.4. The van der Waals surface area contributed by atoms with Gasteiger partial charge in [0.05, 0.1) is 20.8 Å². The maximum absolute atomic E-state index is 13.2. The van der Waals surface area contributed by atoms with Gasteiger partial charge in [-0.2, -0.15) is 0 Å². The molecule has 0 atom stereocenters. The maximum Gasteiger partial charge on any atom is 0.191 e. The first-order valence-electron chi connectivity index (χ1n) is 10.6. The summed E-state index contributed by atoms with van der Waals surface area (Å²) in [6.07, 6.45) is 1.90. The highest BCUT2D eigenvalue weighted by atomic mass is 19.2. The van der Waals surface area contributed by atoms with Gasteiger partial charge in [-0.15, -0.1) is 0 Å². The molecule has 0 unspecified atom stereocenters. The van der Waals surface area contributed by atoms with E-state index in [2.05, 4.69) is 20.5 Å². The molecule has 32 heavy (non-hydrogen) atoms. The predicted octanol–water partition coefficient (Wildman–Crippen LogP) is 3.19. The number of rotatable bonds is 8. The Morgan fingerprint density at radius 2 is 1.69 bits per heavy atom. The highest BCUT2D eigenvalue weighted by Gasteiger charge is 2.21. The molecule has 3 rings (SSSR count). The molecule has 1 aliphatic heterocycles. The molecule has 174 valence electrons. The van der Waals surface area contributed by atoms with Crippen LogP contribution in [-0.2, 0) is 0 Å². The number of nitrogens with zero attached hydrogens (tertiary/aromatic N) is 2. The number of anilines is 1. The van der Waals surface area contributed by atoms with Crippen LogP contribution in [0.4, 0.5) is 14.5 Å². The molecule has 1 heterocycles. The van der Waals surface area contributed by atoms with Gasteiger partial charge in [-0.25, -0.2) is 8.78 Å². The molecule has 0 radical (unpaired) electrons. The summed E-state index contributed by atoms with van der Waals surface area (Å²) in [5.41, 5.74) is 1.08. The van der Waals surface area contributed by atoms with E-state index in [1.54, 1.807) is 21.3 Å². The minimum atomic E-state index is -0.924. The van der Waals surface area contributed by atoms with Gasteiger partial charge < -0.3 is 29.7 Å². The van der Waals surface area contributed by atoms with Crippen LogP contribution in [0, 0.1) is 11.6 Å². The number of hydrogen-bond donors (Lipinski definition) is 2. The molecule has 9 heteroatoms. The van der Waals surface area contributed by atoms with Crippen molar-refractivity contribution < 1.29 is 23.0 Å². The SMILES string of the molecule is CN=C(NCCOc1ccc(F)c(F)c1)NC1CCN(c2cc(OC)cc(OC)c2)CC1. The van der Waals surface area contributed by atoms with Crippen molar-refractivity contribution in [2.24, 2.45) is 4.99 Å². The van der Waals surface area contributed by atoms with Crippen molar-refractivity contribution in [3.63, 3.8) is 0 Å². The third kappa shape index (κ3) is 6.38. The lowest BCUT2D eigenvalue weighted by Crippen LogP contribution is -2.49. The Hall–Kier alpha value is -3.23. The molecule has 0 spiro atoms. The molecule has 2 aromatic rings. The molecule has 7 nitrogen and oxygen atoms in total. The number of hydrogen-bond acceptors (Lipinski definition) is 5. The van der Waals surface area contributed by atoms with Crippen molar-refractivity contribution in [1.29, 1.82) is 0 Å². The number of nitrogens with one attached hydrogen (secondary N) is 2. The fraction of sp³-hybridized carbons (Fsp3) is 0.435. The van der Waals surface area contributed by atoms with E-state index in [-0.39, 0.29) is 11.8 Å². The highest BCUT2D eigenvalue weighted by Crippen LogP contribution is 2.30. The fourth-order valence-corrected chi connectivity index (χ4v) is 3.55. The summed E-state index contributed by atoms with van der Waals surface area (Å²) in [5, 5.41) is 6.62. The molecular weight excluding hydrogens is 418 g/mol. The van der Waals surface area contributed by atoms with E-state index >= 15 is 0 Å². The summed E-state index contributed by atoms with van der Waals surface area (Å²) in [4.78, 5) is 6.57. The van der Waals surface area contributed by atoms with Crippen LogP contribution in [0.15, 0.2) is 41.4 Å². The van der Waals surface area contributed by atoms with Gasteiger partial charge in [0, 0.05) is 56.1 Å². The van der Waals surface area contributed by atoms with E-state index in [1.807, 2.05) is 18.2 Å². The highest BCUT2D eigenvalue weighted by molar-refractivity contribution is 5.80. The van der Waals surface area contributed by atoms with Crippen molar-refractivity contribution in [3.05, 3.63) is 48.0 Å². The average Bonchev–Trinajstić information content (AvgIpc) is 2.83. The molecule has 2 N–H and O–H groups in total. The first-order valence-corrected chi connectivity index (χ1v) is 10.6. The molecule has 0 bridgehead atoms. The molecule has 0 amide bonds. The first-order chi connectivity index (χ1) is 15.5. The van der Waals surface area contributed by atoms with Crippen molar-refractivity contribution in [3.8, 4) is 17.2 Å². The zero-order valence-corrected chi connectivity index (χ0v) is 18.7. The molecule has 1 aliphatic rings. The smallest absolute Gasteiger partial charge is 0.191 e. The molecule has 0 saturated carbocycles. The van der Waals surface area contributed by atoms with Gasteiger partial charge in [-0.05, 0) is 25.0 Å². The van der Waals surface area contributed by atoms with E-state index in [4.69, 9.17) is 14.2 Å². The molecule has 1 fully saturated rings. The standard InChI is InChI=1S/C23H30F2N4O3/c1-26-23(27-8-11-32-18-4-5-21(24)22(25)15-18)28-16-6-9-29(10-7-16)17-12-19(30-2)14-20(13-17)31-3/h4-5,12-16H,6-11H2,1-3H3,(H2,26,27,28). The molecule has 0 aliphatic carbocycles. The van der Waals surface area contributed by atoms with Gasteiger partial charge in [-0.1, -0.05) is 0 Å². The van der Waals surface area contributed by atoms with Crippen LogP contribution in [-0.4, -0.2) is 59.5 Å². The number of guanidine groups is 1. The third-order valence-electron chi connectivity index (χ3n) is 5.32. The van der Waals surface area contributed by atoms with E-state index in [0.717, 1.165) is 55.3 Å². The van der Waals surface area contributed by atoms with Crippen molar-refractivity contribution in [2.75, 3.05) is 52.4 Å². The van der Waals surface area contributed by atoms with E-state index in [1.165, 1.54) is 6.07 Å². The van der Waals surface area contributed by atoms with Crippen LogP contribution in [0.25, 0.3) is 0 Å². The van der Waals surface area contributed by atoms with Gasteiger partial charge >= 0.3 is 0 Å². The molecule has 2 aromatic carbocycles. The lowest BCUT2D eigenvalue weighted by Gasteiger charge is -2.34. The fourth-order valence-electron chi connectivity index (χ4n) is 3.55. The van der Waals surface area contributed by atoms with Crippen molar-refractivity contribution in [1.82, 2.24) is 10.6 Å². The predicted molar refractivity (Wildman–Crippen MR) is 121 cm³/mol. The quantitative estimate of drug-likeness (QED) is 0.367. The van der Waals surface area contributed by atoms with Crippen LogP contribution >= 0.6 is 0 Å². The Morgan fingerprint density at radius 1 is 1.00 bits per heavy atom. The third-order valence-corrected chi connectivity index (χ3v) is 5.32. The number of methoxy groups -OCH3 is 2. The maximum atomic E-state index is 13.2.